The standard InChI is InChI=1S/C16H21N3O2/c1-13-8-18(11-16(12-20)21-13)9-14-7-17-19(10-14)15-5-3-2-4-6-15/h2-7,10,13,16,20H,8-9,11-12H2,1H3. The number of aliphatic hydroxyl groups excluding tert-OH is 1. The number of para-hydroxylation sites is 1. The van der Waals surface area contributed by atoms with E-state index in [1.165, 1.54) is 5.56 Å². The summed E-state index contributed by atoms with van der Waals surface area (Å²) in [5.74, 6) is 0. The summed E-state index contributed by atoms with van der Waals surface area (Å²) in [4.78, 5) is 2.31. The highest BCUT2D eigenvalue weighted by atomic mass is 16.5. The summed E-state index contributed by atoms with van der Waals surface area (Å²) in [5, 5.41) is 13.7. The first-order valence-corrected chi connectivity index (χ1v) is 7.32. The highest BCUT2D eigenvalue weighted by molar-refractivity contribution is 5.30. The summed E-state index contributed by atoms with van der Waals surface area (Å²) in [6, 6.07) is 10.1. The lowest BCUT2D eigenvalue weighted by molar-refractivity contribution is -0.0972. The van der Waals surface area contributed by atoms with E-state index in [0.717, 1.165) is 25.3 Å². The van der Waals surface area contributed by atoms with E-state index in [1.807, 2.05) is 48.1 Å². The molecule has 112 valence electrons. The normalized spacial score (nSPS) is 23.3. The first-order valence-electron chi connectivity index (χ1n) is 7.32. The Balaban J connectivity index is 1.67. The van der Waals surface area contributed by atoms with Crippen LogP contribution in [0.4, 0.5) is 0 Å². The molecule has 1 saturated heterocycles. The van der Waals surface area contributed by atoms with Gasteiger partial charge in [-0.05, 0) is 19.1 Å². The summed E-state index contributed by atoms with van der Waals surface area (Å²) >= 11 is 0. The minimum Gasteiger partial charge on any atom is -0.394 e. The summed E-state index contributed by atoms with van der Waals surface area (Å²) in [6.07, 6.45) is 4.03. The molecular weight excluding hydrogens is 266 g/mol. The lowest BCUT2D eigenvalue weighted by Gasteiger charge is -2.35. The van der Waals surface area contributed by atoms with Crippen molar-refractivity contribution in [2.24, 2.45) is 0 Å². The van der Waals surface area contributed by atoms with Crippen molar-refractivity contribution in [2.75, 3.05) is 19.7 Å². The van der Waals surface area contributed by atoms with Gasteiger partial charge >= 0.3 is 0 Å². The van der Waals surface area contributed by atoms with E-state index in [9.17, 15) is 5.11 Å². The third-order valence-electron chi connectivity index (χ3n) is 3.67. The number of hydrogen-bond donors (Lipinski definition) is 1. The van der Waals surface area contributed by atoms with Crippen LogP contribution in [0.1, 0.15) is 12.5 Å². The summed E-state index contributed by atoms with van der Waals surface area (Å²) in [5.41, 5.74) is 2.23. The van der Waals surface area contributed by atoms with Crippen LogP contribution >= 0.6 is 0 Å². The first kappa shape index (κ1) is 14.3. The third-order valence-corrected chi connectivity index (χ3v) is 3.67. The summed E-state index contributed by atoms with van der Waals surface area (Å²) < 4.78 is 7.56. The van der Waals surface area contributed by atoms with Gasteiger partial charge in [-0.15, -0.1) is 0 Å². The van der Waals surface area contributed by atoms with Crippen LogP contribution in [0.5, 0.6) is 0 Å². The van der Waals surface area contributed by atoms with E-state index in [2.05, 4.69) is 16.2 Å². The van der Waals surface area contributed by atoms with E-state index in [1.54, 1.807) is 0 Å². The third kappa shape index (κ3) is 3.50. The molecule has 1 aromatic heterocycles. The zero-order chi connectivity index (χ0) is 14.7. The van der Waals surface area contributed by atoms with Crippen molar-refractivity contribution in [3.05, 3.63) is 48.3 Å². The quantitative estimate of drug-likeness (QED) is 0.925. The molecule has 1 aliphatic rings. The lowest BCUT2D eigenvalue weighted by atomic mass is 10.2. The Hall–Kier alpha value is -1.69. The highest BCUT2D eigenvalue weighted by Crippen LogP contribution is 2.15. The predicted molar refractivity (Wildman–Crippen MR) is 80.3 cm³/mol. The molecule has 0 radical (unpaired) electrons. The van der Waals surface area contributed by atoms with Crippen LogP contribution in [0.25, 0.3) is 5.69 Å². The number of aliphatic hydroxyl groups is 1. The highest BCUT2D eigenvalue weighted by Gasteiger charge is 2.24. The molecule has 1 fully saturated rings. The molecule has 2 unspecified atom stereocenters. The molecule has 2 heterocycles. The molecule has 21 heavy (non-hydrogen) atoms. The van der Waals surface area contributed by atoms with Crippen molar-refractivity contribution >= 4 is 0 Å². The van der Waals surface area contributed by atoms with E-state index >= 15 is 0 Å². The van der Waals surface area contributed by atoms with Crippen LogP contribution < -0.4 is 0 Å². The molecule has 1 aromatic carbocycles. The van der Waals surface area contributed by atoms with Gasteiger partial charge in [0.25, 0.3) is 0 Å². The molecule has 5 heteroatoms. The maximum atomic E-state index is 9.28. The first-order chi connectivity index (χ1) is 10.2. The Bertz CT molecular complexity index is 570. The van der Waals surface area contributed by atoms with Crippen LogP contribution in [0, 0.1) is 0 Å². The average molecular weight is 287 g/mol. The number of benzene rings is 1. The summed E-state index contributed by atoms with van der Waals surface area (Å²) in [7, 11) is 0. The fourth-order valence-corrected chi connectivity index (χ4v) is 2.79. The van der Waals surface area contributed by atoms with Crippen molar-refractivity contribution in [1.82, 2.24) is 14.7 Å². The predicted octanol–water partition coefficient (Wildman–Crippen LogP) is 1.45. The number of rotatable bonds is 4. The lowest BCUT2D eigenvalue weighted by Crippen LogP contribution is -2.47. The van der Waals surface area contributed by atoms with Gasteiger partial charge in [-0.2, -0.15) is 5.10 Å². The minimum absolute atomic E-state index is 0.0735. The number of ether oxygens (including phenoxy) is 1. The van der Waals surface area contributed by atoms with Crippen LogP contribution in [0.3, 0.4) is 0 Å². The molecule has 0 bridgehead atoms. The largest absolute Gasteiger partial charge is 0.394 e. The Morgan fingerprint density at radius 2 is 2.10 bits per heavy atom. The van der Waals surface area contributed by atoms with Gasteiger partial charge in [0.05, 0.1) is 30.7 Å². The zero-order valence-corrected chi connectivity index (χ0v) is 12.2. The van der Waals surface area contributed by atoms with E-state index in [0.29, 0.717) is 0 Å². The number of morpholine rings is 1. The minimum atomic E-state index is -0.0853. The number of hydrogen-bond acceptors (Lipinski definition) is 4. The zero-order valence-electron chi connectivity index (χ0n) is 12.2. The van der Waals surface area contributed by atoms with Crippen molar-refractivity contribution < 1.29 is 9.84 Å². The van der Waals surface area contributed by atoms with Gasteiger partial charge in [-0.3, -0.25) is 4.90 Å². The molecule has 3 rings (SSSR count). The topological polar surface area (TPSA) is 50.5 Å². The van der Waals surface area contributed by atoms with Gasteiger partial charge in [0.15, 0.2) is 0 Å². The van der Waals surface area contributed by atoms with Gasteiger partial charge < -0.3 is 9.84 Å². The smallest absolute Gasteiger partial charge is 0.0936 e. The van der Waals surface area contributed by atoms with Gasteiger partial charge in [-0.25, -0.2) is 4.68 Å². The van der Waals surface area contributed by atoms with E-state index in [-0.39, 0.29) is 18.8 Å². The number of aromatic nitrogens is 2. The van der Waals surface area contributed by atoms with Crippen LogP contribution in [-0.2, 0) is 11.3 Å². The second kappa shape index (κ2) is 6.39. The van der Waals surface area contributed by atoms with Crippen molar-refractivity contribution in [2.45, 2.75) is 25.7 Å². The summed E-state index contributed by atoms with van der Waals surface area (Å²) in [6.45, 7) is 4.59. The van der Waals surface area contributed by atoms with Gasteiger partial charge in [0.2, 0.25) is 0 Å². The molecule has 1 N–H and O–H groups in total. The maximum Gasteiger partial charge on any atom is 0.0936 e. The second-order valence-electron chi connectivity index (χ2n) is 5.57. The van der Waals surface area contributed by atoms with Crippen LogP contribution in [0.2, 0.25) is 0 Å². The van der Waals surface area contributed by atoms with Crippen LogP contribution in [-0.4, -0.2) is 51.7 Å². The van der Waals surface area contributed by atoms with Crippen molar-refractivity contribution in [3.8, 4) is 5.69 Å². The molecule has 0 aliphatic carbocycles. The van der Waals surface area contributed by atoms with Crippen molar-refractivity contribution in [1.29, 1.82) is 0 Å². The van der Waals surface area contributed by atoms with Crippen molar-refractivity contribution in [3.63, 3.8) is 0 Å². The number of nitrogens with zero attached hydrogens (tertiary/aromatic N) is 3. The molecule has 5 nitrogen and oxygen atoms in total. The van der Waals surface area contributed by atoms with Gasteiger partial charge in [0.1, 0.15) is 0 Å². The second-order valence-corrected chi connectivity index (χ2v) is 5.57. The Morgan fingerprint density at radius 1 is 1.29 bits per heavy atom. The fraction of sp³-hybridized carbons (Fsp3) is 0.438. The van der Waals surface area contributed by atoms with Gasteiger partial charge in [0, 0.05) is 31.4 Å². The van der Waals surface area contributed by atoms with E-state index < -0.39 is 0 Å². The molecule has 0 amide bonds. The Labute approximate surface area is 124 Å². The molecule has 2 aromatic rings. The van der Waals surface area contributed by atoms with Gasteiger partial charge in [-0.1, -0.05) is 18.2 Å². The monoisotopic (exact) mass is 287 g/mol. The molecular formula is C16H21N3O2. The molecule has 0 spiro atoms. The van der Waals surface area contributed by atoms with Crippen LogP contribution in [0.15, 0.2) is 42.7 Å². The SMILES string of the molecule is CC1CN(Cc2cnn(-c3ccccc3)c2)CC(CO)O1. The Morgan fingerprint density at radius 3 is 2.86 bits per heavy atom. The average Bonchev–Trinajstić information content (AvgIpc) is 2.96. The maximum absolute atomic E-state index is 9.28. The molecule has 2 atom stereocenters. The van der Waals surface area contributed by atoms with E-state index in [4.69, 9.17) is 4.74 Å². The Kier molecular flexibility index (Phi) is 4.34. The molecule has 1 aliphatic heterocycles. The molecule has 0 saturated carbocycles. The fourth-order valence-electron chi connectivity index (χ4n) is 2.79.